The van der Waals surface area contributed by atoms with Crippen LogP contribution in [0.1, 0.15) is 22.3 Å². The summed E-state index contributed by atoms with van der Waals surface area (Å²) in [6.07, 6.45) is -0.405. The Labute approximate surface area is 150 Å². The molecule has 1 aromatic carbocycles. The molecule has 1 aromatic rings. The number of nitrogens with one attached hydrogen (secondary N) is 1. The van der Waals surface area contributed by atoms with E-state index in [2.05, 4.69) is 5.32 Å². The van der Waals surface area contributed by atoms with Crippen molar-refractivity contribution in [3.63, 3.8) is 0 Å². The number of aryl methyl sites for hydroxylation is 1. The molecule has 1 saturated heterocycles. The molecular weight excluding hydrogens is 383 g/mol. The third-order valence-electron chi connectivity index (χ3n) is 3.76. The summed E-state index contributed by atoms with van der Waals surface area (Å²) in [5.74, 6) is -0.228. The van der Waals surface area contributed by atoms with Crippen LogP contribution in [0.25, 0.3) is 0 Å². The lowest BCUT2D eigenvalue weighted by Gasteiger charge is -2.26. The Kier molecular flexibility index (Phi) is 5.85. The molecule has 5 nitrogen and oxygen atoms in total. The van der Waals surface area contributed by atoms with Crippen molar-refractivity contribution >= 4 is 50.5 Å². The lowest BCUT2D eigenvalue weighted by atomic mass is 10.1. The Hall–Kier alpha value is -0.530. The van der Waals surface area contributed by atoms with Gasteiger partial charge in [0.2, 0.25) is 6.17 Å². The molecule has 0 bridgehead atoms. The fourth-order valence-corrected chi connectivity index (χ4v) is 4.67. The second-order valence-corrected chi connectivity index (χ2v) is 10.3. The normalized spacial score (nSPS) is 21.8. The van der Waals surface area contributed by atoms with Crippen molar-refractivity contribution in [1.29, 1.82) is 0 Å². The van der Waals surface area contributed by atoms with E-state index in [1.54, 1.807) is 17.4 Å². The van der Waals surface area contributed by atoms with Gasteiger partial charge in [0.15, 0.2) is 9.84 Å². The zero-order chi connectivity index (χ0) is 17.3. The molecule has 0 aliphatic carbocycles. The molecule has 1 fully saturated rings. The number of rotatable bonds is 4. The summed E-state index contributed by atoms with van der Waals surface area (Å²) in [4.78, 5) is 12.4. The number of carbonyl (C=O) groups is 1. The molecule has 1 amide bonds. The van der Waals surface area contributed by atoms with Crippen LogP contribution in [0.4, 0.5) is 0 Å². The lowest BCUT2D eigenvalue weighted by Crippen LogP contribution is -3.00. The maximum absolute atomic E-state index is 12.4. The van der Waals surface area contributed by atoms with Gasteiger partial charge in [-0.25, -0.2) is 8.42 Å². The fraction of sp³-hybridized carbons (Fsp3) is 0.500. The van der Waals surface area contributed by atoms with Crippen molar-refractivity contribution in [3.8, 4) is 0 Å². The number of hydrogen-bond donors (Lipinski definition) is 2. The Morgan fingerprint density at radius 2 is 2.00 bits per heavy atom. The number of hydrogen-bond acceptors (Lipinski definition) is 3. The number of carbonyl (C=O) groups excluding carboxylic acids is 1. The average Bonchev–Trinajstić information content (AvgIpc) is 2.76. The highest BCUT2D eigenvalue weighted by molar-refractivity contribution is 7.91. The van der Waals surface area contributed by atoms with E-state index in [0.29, 0.717) is 12.0 Å². The van der Waals surface area contributed by atoms with Gasteiger partial charge < -0.3 is 5.32 Å². The number of amides is 1. The molecule has 1 aliphatic heterocycles. The molecule has 0 spiro atoms. The summed E-state index contributed by atoms with van der Waals surface area (Å²) in [5, 5.41) is 4.30. The van der Waals surface area contributed by atoms with Crippen LogP contribution in [-0.4, -0.2) is 41.8 Å². The summed E-state index contributed by atoms with van der Waals surface area (Å²) in [5.41, 5.74) is 1.29. The predicted octanol–water partition coefficient (Wildman–Crippen LogP) is 1.17. The van der Waals surface area contributed by atoms with E-state index in [-0.39, 0.29) is 23.5 Å². The Morgan fingerprint density at radius 1 is 1.35 bits per heavy atom. The van der Waals surface area contributed by atoms with Gasteiger partial charge >= 0.3 is 0 Å². The molecule has 2 rings (SSSR count). The minimum atomic E-state index is -3.05. The van der Waals surface area contributed by atoms with E-state index in [9.17, 15) is 13.2 Å². The summed E-state index contributed by atoms with van der Waals surface area (Å²) >= 11 is 17.9. The summed E-state index contributed by atoms with van der Waals surface area (Å²) in [7, 11) is -3.05. The average molecular weight is 401 g/mol. The first-order chi connectivity index (χ1) is 10.6. The molecule has 3 N–H and O–H groups in total. The molecule has 1 aliphatic rings. The van der Waals surface area contributed by atoms with Crippen molar-refractivity contribution in [3.05, 3.63) is 35.4 Å². The third kappa shape index (κ3) is 5.22. The molecule has 2 atom stereocenters. The highest BCUT2D eigenvalue weighted by Crippen LogP contribution is 2.28. The first-order valence-electron chi connectivity index (χ1n) is 7.07. The van der Waals surface area contributed by atoms with E-state index in [1.165, 1.54) is 0 Å². The fourth-order valence-electron chi connectivity index (χ4n) is 2.53. The maximum Gasteiger partial charge on any atom is 0.262 e. The van der Waals surface area contributed by atoms with Crippen LogP contribution in [-0.2, 0) is 9.84 Å². The summed E-state index contributed by atoms with van der Waals surface area (Å²) in [6, 6.07) is 6.83. The zero-order valence-electron chi connectivity index (χ0n) is 12.4. The van der Waals surface area contributed by atoms with Crippen molar-refractivity contribution in [2.75, 3.05) is 11.5 Å². The van der Waals surface area contributed by atoms with Crippen LogP contribution >= 0.6 is 34.8 Å². The Bertz CT molecular complexity index is 689. The monoisotopic (exact) mass is 399 g/mol. The number of alkyl halides is 3. The van der Waals surface area contributed by atoms with Gasteiger partial charge in [-0.2, -0.15) is 0 Å². The summed E-state index contributed by atoms with van der Waals surface area (Å²) < 4.78 is 21.3. The van der Waals surface area contributed by atoms with Gasteiger partial charge in [-0.3, -0.25) is 10.1 Å². The van der Waals surface area contributed by atoms with Crippen molar-refractivity contribution in [1.82, 2.24) is 5.32 Å². The van der Waals surface area contributed by atoms with Gasteiger partial charge in [-0.05, 0) is 18.6 Å². The molecule has 0 unspecified atom stereocenters. The van der Waals surface area contributed by atoms with Crippen LogP contribution in [0.5, 0.6) is 0 Å². The second kappa shape index (κ2) is 7.15. The van der Waals surface area contributed by atoms with E-state index in [1.807, 2.05) is 19.1 Å². The smallest absolute Gasteiger partial charge is 0.262 e. The Balaban J connectivity index is 2.11. The molecule has 23 heavy (non-hydrogen) atoms. The van der Waals surface area contributed by atoms with Gasteiger partial charge in [-0.15, -0.1) is 0 Å². The quantitative estimate of drug-likeness (QED) is 0.588. The number of benzene rings is 1. The Morgan fingerprint density at radius 3 is 2.52 bits per heavy atom. The number of nitrogens with two attached hydrogens (primary N) is 1. The minimum absolute atomic E-state index is 0.0183. The second-order valence-electron chi connectivity index (χ2n) is 5.66. The molecule has 0 aromatic heterocycles. The van der Waals surface area contributed by atoms with Crippen molar-refractivity contribution in [2.45, 2.75) is 29.3 Å². The number of sulfone groups is 1. The molecule has 0 saturated carbocycles. The molecule has 9 heteroatoms. The van der Waals surface area contributed by atoms with Crippen LogP contribution < -0.4 is 10.6 Å². The molecule has 0 radical (unpaired) electrons. The van der Waals surface area contributed by atoms with E-state index >= 15 is 0 Å². The molecular formula is C14H18Cl3N2O3S+. The van der Waals surface area contributed by atoms with E-state index < -0.39 is 19.8 Å². The zero-order valence-corrected chi connectivity index (χ0v) is 15.5. The predicted molar refractivity (Wildman–Crippen MR) is 91.7 cm³/mol. The van der Waals surface area contributed by atoms with Crippen LogP contribution in [0.15, 0.2) is 24.3 Å². The SMILES string of the molecule is Cc1ccccc1C(=O)N[C@H]([NH2+][C@H]1CCS(=O)(=O)C1)C(Cl)(Cl)Cl. The largest absolute Gasteiger partial charge is 0.320 e. The van der Waals surface area contributed by atoms with Gasteiger partial charge in [0, 0.05) is 12.0 Å². The van der Waals surface area contributed by atoms with Crippen molar-refractivity contribution < 1.29 is 18.5 Å². The van der Waals surface area contributed by atoms with Gasteiger partial charge in [-0.1, -0.05) is 53.0 Å². The number of quaternary nitrogens is 1. The minimum Gasteiger partial charge on any atom is -0.320 e. The first-order valence-corrected chi connectivity index (χ1v) is 10.0. The lowest BCUT2D eigenvalue weighted by molar-refractivity contribution is -0.719. The van der Waals surface area contributed by atoms with E-state index in [0.717, 1.165) is 5.56 Å². The first kappa shape index (κ1) is 18.8. The maximum atomic E-state index is 12.4. The summed E-state index contributed by atoms with van der Waals surface area (Å²) in [6.45, 7) is 1.81. The van der Waals surface area contributed by atoms with E-state index in [4.69, 9.17) is 34.8 Å². The van der Waals surface area contributed by atoms with Crippen LogP contribution in [0, 0.1) is 6.92 Å². The molecule has 128 valence electrons. The highest BCUT2D eigenvalue weighted by atomic mass is 35.6. The topological polar surface area (TPSA) is 79.8 Å². The van der Waals surface area contributed by atoms with Crippen LogP contribution in [0.2, 0.25) is 0 Å². The molecule has 1 heterocycles. The van der Waals surface area contributed by atoms with Gasteiger partial charge in [0.25, 0.3) is 9.70 Å². The van der Waals surface area contributed by atoms with Gasteiger partial charge in [0.1, 0.15) is 11.8 Å². The van der Waals surface area contributed by atoms with Crippen LogP contribution in [0.3, 0.4) is 0 Å². The highest BCUT2D eigenvalue weighted by Gasteiger charge is 2.42. The standard InChI is InChI=1S/C14H17Cl3N2O3S/c1-9-4-2-3-5-11(9)12(20)19-13(14(15,16)17)18-10-6-7-23(21,22)8-10/h2-5,10,13,18H,6-8H2,1H3,(H,19,20)/p+1/t10-,13-/m0/s1. The third-order valence-corrected chi connectivity index (χ3v) is 6.26. The van der Waals surface area contributed by atoms with Gasteiger partial charge in [0.05, 0.1) is 5.75 Å². The van der Waals surface area contributed by atoms with Crippen molar-refractivity contribution in [2.24, 2.45) is 0 Å². The number of halogens is 3.